The fourth-order valence-electron chi connectivity index (χ4n) is 2.46. The van der Waals surface area contributed by atoms with Crippen LogP contribution in [0.3, 0.4) is 0 Å². The predicted molar refractivity (Wildman–Crippen MR) is 73.5 cm³/mol. The highest BCUT2D eigenvalue weighted by Crippen LogP contribution is 2.30. The Balaban J connectivity index is 1.54. The van der Waals surface area contributed by atoms with Crippen molar-refractivity contribution in [2.75, 3.05) is 13.1 Å². The van der Waals surface area contributed by atoms with Gasteiger partial charge in [-0.1, -0.05) is 18.2 Å². The minimum absolute atomic E-state index is 0.121. The van der Waals surface area contributed by atoms with Gasteiger partial charge >= 0.3 is 6.09 Å². The van der Waals surface area contributed by atoms with Crippen molar-refractivity contribution < 1.29 is 14.3 Å². The molecule has 106 valence electrons. The number of ether oxygens (including phenoxy) is 1. The van der Waals surface area contributed by atoms with Crippen LogP contribution in [0.15, 0.2) is 24.3 Å². The number of benzene rings is 1. The largest absolute Gasteiger partial charge is 0.442 e. The molecule has 1 unspecified atom stereocenters. The first-order valence-electron chi connectivity index (χ1n) is 6.96. The number of hydrogen-bond acceptors (Lipinski definition) is 3. The molecule has 20 heavy (non-hydrogen) atoms. The average Bonchev–Trinajstić information content (AvgIpc) is 3.20. The number of amides is 2. The van der Waals surface area contributed by atoms with E-state index in [-0.39, 0.29) is 18.1 Å². The number of aryl methyl sites for hydroxylation is 1. The highest BCUT2D eigenvalue weighted by Gasteiger charge is 2.40. The van der Waals surface area contributed by atoms with Gasteiger partial charge in [0.25, 0.3) is 5.91 Å². The minimum Gasteiger partial charge on any atom is -0.442 e. The fourth-order valence-corrected chi connectivity index (χ4v) is 2.46. The van der Waals surface area contributed by atoms with Crippen LogP contribution in [0, 0.1) is 6.92 Å². The molecule has 5 nitrogen and oxygen atoms in total. The van der Waals surface area contributed by atoms with Crippen molar-refractivity contribution >= 4 is 12.0 Å². The Kier molecular flexibility index (Phi) is 3.34. The molecule has 0 aromatic heterocycles. The van der Waals surface area contributed by atoms with Crippen molar-refractivity contribution in [3.63, 3.8) is 0 Å². The van der Waals surface area contributed by atoms with Gasteiger partial charge in [0.15, 0.2) is 0 Å². The van der Waals surface area contributed by atoms with E-state index in [2.05, 4.69) is 5.32 Å². The molecule has 1 aromatic rings. The van der Waals surface area contributed by atoms with Crippen molar-refractivity contribution in [3.8, 4) is 0 Å². The highest BCUT2D eigenvalue weighted by molar-refractivity contribution is 5.95. The third-order valence-corrected chi connectivity index (χ3v) is 3.77. The number of nitrogens with zero attached hydrogens (tertiary/aromatic N) is 1. The Labute approximate surface area is 117 Å². The number of cyclic esters (lactones) is 1. The van der Waals surface area contributed by atoms with E-state index in [1.165, 1.54) is 0 Å². The molecule has 1 atom stereocenters. The summed E-state index contributed by atoms with van der Waals surface area (Å²) in [5, 5.41) is 2.84. The molecule has 2 aliphatic rings. The van der Waals surface area contributed by atoms with E-state index >= 15 is 0 Å². The van der Waals surface area contributed by atoms with E-state index in [1.54, 1.807) is 11.0 Å². The van der Waals surface area contributed by atoms with Gasteiger partial charge in [-0.3, -0.25) is 4.79 Å². The number of carbonyl (C=O) groups is 2. The fraction of sp³-hybridized carbons (Fsp3) is 0.467. The molecule has 1 heterocycles. The van der Waals surface area contributed by atoms with E-state index in [0.717, 1.165) is 18.4 Å². The minimum atomic E-state index is -0.248. The van der Waals surface area contributed by atoms with Crippen LogP contribution in [0.4, 0.5) is 4.79 Å². The molecule has 2 amide bonds. The van der Waals surface area contributed by atoms with Gasteiger partial charge in [-0.15, -0.1) is 0 Å². The first-order chi connectivity index (χ1) is 9.65. The summed E-state index contributed by atoms with van der Waals surface area (Å²) in [4.78, 5) is 25.5. The lowest BCUT2D eigenvalue weighted by Gasteiger charge is -2.12. The second-order valence-corrected chi connectivity index (χ2v) is 5.41. The van der Waals surface area contributed by atoms with Gasteiger partial charge in [0, 0.05) is 11.6 Å². The molecule has 0 bridgehead atoms. The Morgan fingerprint density at radius 1 is 1.40 bits per heavy atom. The smallest absolute Gasteiger partial charge is 0.410 e. The molecule has 1 aliphatic carbocycles. The summed E-state index contributed by atoms with van der Waals surface area (Å²) in [5.41, 5.74) is 1.60. The number of hydrogen-bond donors (Lipinski definition) is 1. The lowest BCUT2D eigenvalue weighted by molar-refractivity contribution is 0.0914. The third kappa shape index (κ3) is 2.61. The Morgan fingerprint density at radius 3 is 2.85 bits per heavy atom. The van der Waals surface area contributed by atoms with Gasteiger partial charge in [0.05, 0.1) is 13.1 Å². The van der Waals surface area contributed by atoms with E-state index in [9.17, 15) is 9.59 Å². The highest BCUT2D eigenvalue weighted by atomic mass is 16.6. The number of carbonyl (C=O) groups excluding carboxylic acids is 2. The third-order valence-electron chi connectivity index (χ3n) is 3.77. The molecule has 2 fully saturated rings. The van der Waals surface area contributed by atoms with Gasteiger partial charge in [-0.2, -0.15) is 0 Å². The van der Waals surface area contributed by atoms with E-state index in [1.807, 2.05) is 25.1 Å². The molecular weight excluding hydrogens is 256 g/mol. The lowest BCUT2D eigenvalue weighted by atomic mass is 10.1. The van der Waals surface area contributed by atoms with E-state index < -0.39 is 0 Å². The maximum Gasteiger partial charge on any atom is 0.410 e. The topological polar surface area (TPSA) is 58.6 Å². The molecule has 0 radical (unpaired) electrons. The molecular formula is C15H18N2O3. The van der Waals surface area contributed by atoms with Gasteiger partial charge in [-0.05, 0) is 31.4 Å². The molecule has 1 aromatic carbocycles. The van der Waals surface area contributed by atoms with Crippen molar-refractivity contribution in [2.24, 2.45) is 0 Å². The molecule has 0 spiro atoms. The first-order valence-corrected chi connectivity index (χ1v) is 6.96. The Bertz CT molecular complexity index is 540. The summed E-state index contributed by atoms with van der Waals surface area (Å²) >= 11 is 0. The average molecular weight is 274 g/mol. The van der Waals surface area contributed by atoms with Crippen LogP contribution < -0.4 is 5.32 Å². The summed E-state index contributed by atoms with van der Waals surface area (Å²) in [7, 11) is 0. The van der Waals surface area contributed by atoms with Crippen molar-refractivity contribution in [1.82, 2.24) is 10.2 Å². The molecule has 5 heteroatoms. The summed E-state index contributed by atoms with van der Waals surface area (Å²) in [6.07, 6.45) is 1.65. The summed E-state index contributed by atoms with van der Waals surface area (Å²) in [6.45, 7) is 2.85. The zero-order chi connectivity index (χ0) is 14.1. The summed E-state index contributed by atoms with van der Waals surface area (Å²) in [6, 6.07) is 7.80. The first kappa shape index (κ1) is 13.0. The van der Waals surface area contributed by atoms with Crippen molar-refractivity contribution in [3.05, 3.63) is 35.4 Å². The van der Waals surface area contributed by atoms with Gasteiger partial charge < -0.3 is 15.0 Å². The van der Waals surface area contributed by atoms with E-state index in [4.69, 9.17) is 4.74 Å². The molecule has 1 N–H and O–H groups in total. The van der Waals surface area contributed by atoms with Crippen molar-refractivity contribution in [1.29, 1.82) is 0 Å². The molecule has 1 saturated carbocycles. The zero-order valence-corrected chi connectivity index (χ0v) is 11.5. The normalized spacial score (nSPS) is 21.8. The van der Waals surface area contributed by atoms with E-state index in [0.29, 0.717) is 24.7 Å². The maximum atomic E-state index is 12.1. The second kappa shape index (κ2) is 5.15. The maximum absolute atomic E-state index is 12.1. The second-order valence-electron chi connectivity index (χ2n) is 5.41. The monoisotopic (exact) mass is 274 g/mol. The number of nitrogens with one attached hydrogen (secondary N) is 1. The van der Waals surface area contributed by atoms with Crippen LogP contribution in [0.2, 0.25) is 0 Å². The van der Waals surface area contributed by atoms with Crippen LogP contribution in [0.1, 0.15) is 28.8 Å². The Morgan fingerprint density at radius 2 is 2.15 bits per heavy atom. The SMILES string of the molecule is Cc1ccccc1C(=O)NCC1CN(C2CC2)C(=O)O1. The Hall–Kier alpha value is -2.04. The van der Waals surface area contributed by atoms with Crippen LogP contribution in [-0.2, 0) is 4.74 Å². The molecule has 1 aliphatic heterocycles. The van der Waals surface area contributed by atoms with Crippen LogP contribution in [-0.4, -0.2) is 42.1 Å². The molecule has 3 rings (SSSR count). The standard InChI is InChI=1S/C15H18N2O3/c1-10-4-2-3-5-13(10)14(18)16-8-12-9-17(11-6-7-11)15(19)20-12/h2-5,11-12H,6-9H2,1H3,(H,16,18). The van der Waals surface area contributed by atoms with Gasteiger partial charge in [0.1, 0.15) is 6.10 Å². The van der Waals surface area contributed by atoms with Crippen LogP contribution in [0.25, 0.3) is 0 Å². The van der Waals surface area contributed by atoms with Crippen LogP contribution in [0.5, 0.6) is 0 Å². The van der Waals surface area contributed by atoms with Crippen LogP contribution >= 0.6 is 0 Å². The quantitative estimate of drug-likeness (QED) is 0.909. The lowest BCUT2D eigenvalue weighted by Crippen LogP contribution is -2.35. The van der Waals surface area contributed by atoms with Gasteiger partial charge in [0.2, 0.25) is 0 Å². The zero-order valence-electron chi connectivity index (χ0n) is 11.5. The van der Waals surface area contributed by atoms with Crippen molar-refractivity contribution in [2.45, 2.75) is 31.9 Å². The number of rotatable bonds is 4. The predicted octanol–water partition coefficient (Wildman–Crippen LogP) is 1.71. The molecule has 1 saturated heterocycles. The summed E-state index contributed by atoms with van der Waals surface area (Å²) in [5.74, 6) is -0.121. The summed E-state index contributed by atoms with van der Waals surface area (Å²) < 4.78 is 5.26. The van der Waals surface area contributed by atoms with Gasteiger partial charge in [-0.25, -0.2) is 4.79 Å².